The first-order chi connectivity index (χ1) is 16.5. The molecule has 3 heterocycles. The normalized spacial score (nSPS) is 14.4. The number of nitrogens with zero attached hydrogens (tertiary/aromatic N) is 5. The first-order valence-corrected chi connectivity index (χ1v) is 11.5. The Balaban J connectivity index is 1.27. The fourth-order valence-electron chi connectivity index (χ4n) is 4.16. The molecule has 0 atom stereocenters. The number of nitrogens with one attached hydrogen (secondary N) is 1. The van der Waals surface area contributed by atoms with Gasteiger partial charge in [-0.25, -0.2) is 0 Å². The van der Waals surface area contributed by atoms with E-state index in [2.05, 4.69) is 20.4 Å². The minimum atomic E-state index is -0.0968. The predicted molar refractivity (Wildman–Crippen MR) is 131 cm³/mol. The van der Waals surface area contributed by atoms with E-state index >= 15 is 0 Å². The highest BCUT2D eigenvalue weighted by atomic mass is 35.5. The summed E-state index contributed by atoms with van der Waals surface area (Å²) in [5.41, 5.74) is 2.78. The van der Waals surface area contributed by atoms with Crippen molar-refractivity contribution in [2.45, 2.75) is 19.8 Å². The molecule has 0 spiro atoms. The monoisotopic (exact) mass is 474 g/mol. The van der Waals surface area contributed by atoms with Crippen molar-refractivity contribution in [2.24, 2.45) is 5.92 Å². The van der Waals surface area contributed by atoms with Crippen LogP contribution >= 0.6 is 11.6 Å². The van der Waals surface area contributed by atoms with Gasteiger partial charge in [-0.15, -0.1) is 15.3 Å². The molecule has 0 saturated carbocycles. The lowest BCUT2D eigenvalue weighted by Gasteiger charge is -2.32. The van der Waals surface area contributed by atoms with E-state index in [4.69, 9.17) is 16.7 Å². The van der Waals surface area contributed by atoms with Gasteiger partial charge in [0, 0.05) is 40.8 Å². The first-order valence-electron chi connectivity index (χ1n) is 11.1. The number of benzene rings is 2. The Hall–Kier alpha value is -3.78. The molecule has 0 aliphatic carbocycles. The molecular weight excluding hydrogens is 452 g/mol. The lowest BCUT2D eigenvalue weighted by atomic mass is 9.95. The van der Waals surface area contributed by atoms with Crippen molar-refractivity contribution in [1.29, 1.82) is 0 Å². The molecule has 34 heavy (non-hydrogen) atoms. The van der Waals surface area contributed by atoms with Crippen molar-refractivity contribution >= 4 is 40.4 Å². The van der Waals surface area contributed by atoms with E-state index in [1.54, 1.807) is 28.8 Å². The van der Waals surface area contributed by atoms with E-state index < -0.39 is 0 Å². The molecule has 1 N–H and O–H groups in total. The summed E-state index contributed by atoms with van der Waals surface area (Å²) in [6, 6.07) is 18.3. The van der Waals surface area contributed by atoms with Crippen LogP contribution in [0.5, 0.6) is 0 Å². The average Bonchev–Trinajstić information content (AvgIpc) is 3.28. The van der Waals surface area contributed by atoms with Crippen molar-refractivity contribution in [3.63, 3.8) is 0 Å². The Morgan fingerprint density at radius 2 is 1.76 bits per heavy atom. The Morgan fingerprint density at radius 1 is 1.00 bits per heavy atom. The van der Waals surface area contributed by atoms with Gasteiger partial charge < -0.3 is 10.2 Å². The van der Waals surface area contributed by atoms with Crippen LogP contribution in [0.25, 0.3) is 17.0 Å². The number of fused-ring (bicyclic) bond motifs is 1. The molecular formula is C25H23ClN6O2. The van der Waals surface area contributed by atoms with Crippen LogP contribution in [0.15, 0.2) is 60.7 Å². The molecule has 0 unspecified atom stereocenters. The summed E-state index contributed by atoms with van der Waals surface area (Å²) in [5, 5.41) is 16.9. The summed E-state index contributed by atoms with van der Waals surface area (Å²) in [4.78, 5) is 26.6. The number of ketones is 1. The van der Waals surface area contributed by atoms with Crippen LogP contribution in [0.1, 0.15) is 30.1 Å². The molecule has 5 rings (SSSR count). The quantitative estimate of drug-likeness (QED) is 0.428. The molecule has 9 heteroatoms. The summed E-state index contributed by atoms with van der Waals surface area (Å²) in [6.45, 7) is 2.94. The Bertz CT molecular complexity index is 1360. The van der Waals surface area contributed by atoms with Crippen LogP contribution in [-0.2, 0) is 4.79 Å². The third-order valence-electron chi connectivity index (χ3n) is 6.08. The summed E-state index contributed by atoms with van der Waals surface area (Å²) < 4.78 is 1.74. The number of carbonyl (C=O) groups excluding carboxylic acids is 2. The molecule has 1 aliphatic heterocycles. The number of rotatable bonds is 5. The van der Waals surface area contributed by atoms with Crippen molar-refractivity contribution < 1.29 is 9.59 Å². The van der Waals surface area contributed by atoms with Gasteiger partial charge in [0.2, 0.25) is 5.91 Å². The lowest BCUT2D eigenvalue weighted by Crippen LogP contribution is -2.38. The van der Waals surface area contributed by atoms with Gasteiger partial charge in [0.1, 0.15) is 5.82 Å². The highest BCUT2D eigenvalue weighted by Gasteiger charge is 2.26. The lowest BCUT2D eigenvalue weighted by molar-refractivity contribution is -0.120. The van der Waals surface area contributed by atoms with E-state index in [-0.39, 0.29) is 17.6 Å². The van der Waals surface area contributed by atoms with Gasteiger partial charge in [-0.1, -0.05) is 23.7 Å². The smallest absolute Gasteiger partial charge is 0.227 e. The summed E-state index contributed by atoms with van der Waals surface area (Å²) in [7, 11) is 0. The molecule has 4 aromatic rings. The van der Waals surface area contributed by atoms with Crippen LogP contribution in [0.2, 0.25) is 5.02 Å². The summed E-state index contributed by atoms with van der Waals surface area (Å²) in [5.74, 6) is 1.32. The number of Topliss-reactive ketones (excluding diaryl/α,β-unsaturated/α-hetero) is 1. The number of carbonyl (C=O) groups is 2. The van der Waals surface area contributed by atoms with Crippen molar-refractivity contribution in [3.8, 4) is 11.4 Å². The fourth-order valence-corrected chi connectivity index (χ4v) is 4.28. The third-order valence-corrected chi connectivity index (χ3v) is 6.33. The molecule has 8 nitrogen and oxygen atoms in total. The predicted octanol–water partition coefficient (Wildman–Crippen LogP) is 4.50. The molecule has 1 aliphatic rings. The third kappa shape index (κ3) is 4.49. The molecule has 1 amide bonds. The second kappa shape index (κ2) is 9.23. The van der Waals surface area contributed by atoms with Crippen LogP contribution in [0.3, 0.4) is 0 Å². The second-order valence-corrected chi connectivity index (χ2v) is 8.82. The van der Waals surface area contributed by atoms with Crippen molar-refractivity contribution in [3.05, 3.63) is 71.2 Å². The Morgan fingerprint density at radius 3 is 2.50 bits per heavy atom. The van der Waals surface area contributed by atoms with Gasteiger partial charge >= 0.3 is 0 Å². The molecule has 0 bridgehead atoms. The standard InChI is InChI=1S/C25H23ClN6O2/c1-16(33)19-3-2-4-21(15-19)27-25(34)18-11-13-31(14-12-18)23-10-9-22-28-29-24(32(22)30-23)17-5-7-20(26)8-6-17/h2-10,15,18H,11-14H2,1H3,(H,27,34). The van der Waals surface area contributed by atoms with Gasteiger partial charge in [0.25, 0.3) is 0 Å². The molecule has 1 fully saturated rings. The zero-order chi connectivity index (χ0) is 23.7. The SMILES string of the molecule is CC(=O)c1cccc(NC(=O)C2CCN(c3ccc4nnc(-c5ccc(Cl)cc5)n4n3)CC2)c1. The minimum absolute atomic E-state index is 0.0207. The molecule has 2 aromatic carbocycles. The maximum Gasteiger partial charge on any atom is 0.227 e. The summed E-state index contributed by atoms with van der Waals surface area (Å²) >= 11 is 6.01. The second-order valence-electron chi connectivity index (χ2n) is 8.38. The zero-order valence-corrected chi connectivity index (χ0v) is 19.4. The maximum absolute atomic E-state index is 12.8. The zero-order valence-electron chi connectivity index (χ0n) is 18.6. The van der Waals surface area contributed by atoms with Crippen LogP contribution in [-0.4, -0.2) is 44.6 Å². The van der Waals surface area contributed by atoms with E-state index in [0.29, 0.717) is 53.7 Å². The Kier molecular flexibility index (Phi) is 5.98. The highest BCUT2D eigenvalue weighted by molar-refractivity contribution is 6.30. The van der Waals surface area contributed by atoms with Gasteiger partial charge in [-0.05, 0) is 68.3 Å². The number of hydrogen-bond acceptors (Lipinski definition) is 6. The van der Waals surface area contributed by atoms with E-state index in [1.807, 2.05) is 36.4 Å². The Labute approximate surface area is 201 Å². The van der Waals surface area contributed by atoms with Gasteiger partial charge in [0.15, 0.2) is 17.3 Å². The van der Waals surface area contributed by atoms with Crippen molar-refractivity contribution in [2.75, 3.05) is 23.3 Å². The summed E-state index contributed by atoms with van der Waals surface area (Å²) in [6.07, 6.45) is 1.42. The topological polar surface area (TPSA) is 92.5 Å². The molecule has 0 radical (unpaired) electrons. The number of piperidine rings is 1. The van der Waals surface area contributed by atoms with Crippen LogP contribution in [0, 0.1) is 5.92 Å². The number of halogens is 1. The fraction of sp³-hybridized carbons (Fsp3) is 0.240. The van der Waals surface area contributed by atoms with Crippen LogP contribution in [0.4, 0.5) is 11.5 Å². The highest BCUT2D eigenvalue weighted by Crippen LogP contribution is 2.25. The van der Waals surface area contributed by atoms with E-state index in [0.717, 1.165) is 11.4 Å². The largest absolute Gasteiger partial charge is 0.355 e. The minimum Gasteiger partial charge on any atom is -0.355 e. The first kappa shape index (κ1) is 22.0. The number of anilines is 2. The number of amides is 1. The van der Waals surface area contributed by atoms with Gasteiger partial charge in [0.05, 0.1) is 0 Å². The van der Waals surface area contributed by atoms with E-state index in [9.17, 15) is 9.59 Å². The van der Waals surface area contributed by atoms with E-state index in [1.165, 1.54) is 6.92 Å². The number of hydrogen-bond donors (Lipinski definition) is 1. The maximum atomic E-state index is 12.8. The number of aromatic nitrogens is 4. The molecule has 172 valence electrons. The van der Waals surface area contributed by atoms with Gasteiger partial charge in [-0.3, -0.25) is 9.59 Å². The average molecular weight is 475 g/mol. The van der Waals surface area contributed by atoms with Crippen molar-refractivity contribution in [1.82, 2.24) is 19.8 Å². The van der Waals surface area contributed by atoms with Crippen LogP contribution < -0.4 is 10.2 Å². The molecule has 1 saturated heterocycles. The van der Waals surface area contributed by atoms with Gasteiger partial charge in [-0.2, -0.15) is 4.52 Å². The molecule has 2 aromatic heterocycles.